The molecule has 1 amide bonds. The monoisotopic (exact) mass is 299 g/mol. The first-order chi connectivity index (χ1) is 10.1. The van der Waals surface area contributed by atoms with Crippen LogP contribution in [0.5, 0.6) is 0 Å². The second-order valence-corrected chi connectivity index (χ2v) is 4.75. The van der Waals surface area contributed by atoms with Crippen LogP contribution < -0.4 is 0 Å². The second-order valence-electron chi connectivity index (χ2n) is 4.75. The lowest BCUT2D eigenvalue weighted by Gasteiger charge is -2.29. The first kappa shape index (κ1) is 17.2. The van der Waals surface area contributed by atoms with Crippen LogP contribution in [0.25, 0.3) is 0 Å². The van der Waals surface area contributed by atoms with Crippen molar-refractivity contribution in [2.75, 3.05) is 33.4 Å². The van der Waals surface area contributed by atoms with E-state index in [2.05, 4.69) is 4.74 Å². The van der Waals surface area contributed by atoms with E-state index in [9.17, 15) is 19.5 Å². The molecule has 0 aromatic carbocycles. The summed E-state index contributed by atoms with van der Waals surface area (Å²) < 4.78 is 9.19. The van der Waals surface area contributed by atoms with Crippen molar-refractivity contribution in [3.8, 4) is 0 Å². The van der Waals surface area contributed by atoms with Crippen LogP contribution in [0.3, 0.4) is 0 Å². The third kappa shape index (κ3) is 5.95. The molecule has 0 aromatic rings. The molecule has 1 fully saturated rings. The Morgan fingerprint density at radius 2 is 1.76 bits per heavy atom. The van der Waals surface area contributed by atoms with E-state index in [1.165, 1.54) is 7.11 Å². The molecule has 1 unspecified atom stereocenters. The van der Waals surface area contributed by atoms with Gasteiger partial charge in [0.1, 0.15) is 6.61 Å². The van der Waals surface area contributed by atoms with Crippen LogP contribution in [0, 0.1) is 5.92 Å². The van der Waals surface area contributed by atoms with E-state index >= 15 is 0 Å². The summed E-state index contributed by atoms with van der Waals surface area (Å²) in [6, 6.07) is 0. The second kappa shape index (κ2) is 9.12. The van der Waals surface area contributed by atoms with E-state index < -0.39 is 17.9 Å². The smallest absolute Gasteiger partial charge is 0.331 e. The first-order valence-corrected chi connectivity index (χ1v) is 6.91. The Labute approximate surface area is 123 Å². The molecule has 7 nitrogen and oxygen atoms in total. The number of rotatable bonds is 6. The molecule has 118 valence electrons. The Kier molecular flexibility index (Phi) is 7.45. The number of methoxy groups -OCH3 is 1. The van der Waals surface area contributed by atoms with Crippen molar-refractivity contribution in [2.24, 2.45) is 5.92 Å². The van der Waals surface area contributed by atoms with Crippen molar-refractivity contribution in [3.05, 3.63) is 12.2 Å². The van der Waals surface area contributed by atoms with Gasteiger partial charge >= 0.3 is 11.9 Å². The van der Waals surface area contributed by atoms with Gasteiger partial charge in [-0.05, 0) is 19.3 Å². The fraction of sp³-hybridized carbons (Fsp3) is 0.643. The van der Waals surface area contributed by atoms with Crippen molar-refractivity contribution < 1.29 is 29.0 Å². The summed E-state index contributed by atoms with van der Waals surface area (Å²) in [6.45, 7) is 0.747. The van der Waals surface area contributed by atoms with Gasteiger partial charge in [0.2, 0.25) is 5.91 Å². The average molecular weight is 299 g/mol. The lowest BCUT2D eigenvalue weighted by molar-refractivity contribution is -0.146. The number of hydrogen-bond acceptors (Lipinski definition) is 6. The molecule has 1 rings (SSSR count). The zero-order valence-corrected chi connectivity index (χ0v) is 12.1. The molecule has 1 N–H and O–H groups in total. The van der Waals surface area contributed by atoms with Crippen LogP contribution in [0.15, 0.2) is 12.2 Å². The highest BCUT2D eigenvalue weighted by Gasteiger charge is 2.26. The Bertz CT molecular complexity index is 400. The highest BCUT2D eigenvalue weighted by atomic mass is 16.5. The van der Waals surface area contributed by atoms with Gasteiger partial charge in [-0.1, -0.05) is 0 Å². The van der Waals surface area contributed by atoms with Crippen molar-refractivity contribution in [1.29, 1.82) is 0 Å². The third-order valence-electron chi connectivity index (χ3n) is 3.22. The maximum absolute atomic E-state index is 12.1. The summed E-state index contributed by atoms with van der Waals surface area (Å²) in [5.74, 6) is -2.40. The summed E-state index contributed by atoms with van der Waals surface area (Å²) in [5.41, 5.74) is 0. The first-order valence-electron chi connectivity index (χ1n) is 6.91. The minimum atomic E-state index is -0.765. The van der Waals surface area contributed by atoms with Gasteiger partial charge in [-0.25, -0.2) is 9.59 Å². The van der Waals surface area contributed by atoms with Crippen LogP contribution in [0.2, 0.25) is 0 Å². The van der Waals surface area contributed by atoms with Gasteiger partial charge < -0.3 is 19.5 Å². The molecule has 0 radical (unpaired) electrons. The molecule has 21 heavy (non-hydrogen) atoms. The summed E-state index contributed by atoms with van der Waals surface area (Å²) in [5, 5.41) is 9.27. The van der Waals surface area contributed by atoms with Crippen molar-refractivity contribution in [3.63, 3.8) is 0 Å². The van der Waals surface area contributed by atoms with Crippen LogP contribution in [0.4, 0.5) is 0 Å². The van der Waals surface area contributed by atoms with Gasteiger partial charge in [-0.3, -0.25) is 4.79 Å². The summed E-state index contributed by atoms with van der Waals surface area (Å²) in [4.78, 5) is 36.0. The topological polar surface area (TPSA) is 93.1 Å². The van der Waals surface area contributed by atoms with Crippen molar-refractivity contribution >= 4 is 17.8 Å². The molecule has 1 aliphatic heterocycles. The summed E-state index contributed by atoms with van der Waals surface area (Å²) in [7, 11) is 1.19. The molecule has 7 heteroatoms. The minimum absolute atomic E-state index is 0.207. The van der Waals surface area contributed by atoms with Crippen molar-refractivity contribution in [2.45, 2.75) is 19.3 Å². The lowest BCUT2D eigenvalue weighted by Crippen LogP contribution is -2.42. The number of aliphatic hydroxyl groups is 1. The highest BCUT2D eigenvalue weighted by molar-refractivity contribution is 5.91. The minimum Gasteiger partial charge on any atom is -0.466 e. The molecule has 1 atom stereocenters. The van der Waals surface area contributed by atoms with Gasteiger partial charge in [0.05, 0.1) is 19.6 Å². The van der Waals surface area contributed by atoms with Gasteiger partial charge in [0.25, 0.3) is 0 Å². The fourth-order valence-corrected chi connectivity index (χ4v) is 2.01. The Morgan fingerprint density at radius 3 is 2.33 bits per heavy atom. The number of likely N-dealkylation sites (tertiary alicyclic amines) is 1. The zero-order chi connectivity index (χ0) is 15.7. The standard InChI is InChI=1S/C14H21NO6/c1-20-12(17)5-6-13(18)21-10-11(9-16)14(19)15-7-3-2-4-8-15/h5-6,11,16H,2-4,7-10H2,1H3/b6-5+. The number of esters is 2. The number of piperidine rings is 1. The van der Waals surface area contributed by atoms with Gasteiger partial charge in [-0.2, -0.15) is 0 Å². The molecule has 1 heterocycles. The maximum atomic E-state index is 12.1. The number of carbonyl (C=O) groups excluding carboxylic acids is 3. The predicted octanol–water partition coefficient (Wildman–Crippen LogP) is -0.120. The molecular weight excluding hydrogens is 278 g/mol. The number of nitrogens with zero attached hydrogens (tertiary/aromatic N) is 1. The van der Waals surface area contributed by atoms with Gasteiger partial charge in [0.15, 0.2) is 0 Å². The summed E-state index contributed by atoms with van der Waals surface area (Å²) in [6.07, 6.45) is 4.85. The molecule has 0 aliphatic carbocycles. The molecule has 1 saturated heterocycles. The van der Waals surface area contributed by atoms with E-state index in [0.29, 0.717) is 13.1 Å². The van der Waals surface area contributed by atoms with Gasteiger partial charge in [-0.15, -0.1) is 0 Å². The number of hydrogen-bond donors (Lipinski definition) is 1. The molecule has 0 saturated carbocycles. The largest absolute Gasteiger partial charge is 0.466 e. The van der Waals surface area contributed by atoms with E-state index in [1.807, 2.05) is 0 Å². The number of aliphatic hydroxyl groups excluding tert-OH is 1. The van der Waals surface area contributed by atoms with E-state index in [-0.39, 0.29) is 19.1 Å². The molecule has 0 bridgehead atoms. The molecule has 1 aliphatic rings. The maximum Gasteiger partial charge on any atom is 0.331 e. The highest BCUT2D eigenvalue weighted by Crippen LogP contribution is 2.12. The third-order valence-corrected chi connectivity index (χ3v) is 3.22. The van der Waals surface area contributed by atoms with Crippen LogP contribution >= 0.6 is 0 Å². The molecule has 0 spiro atoms. The van der Waals surface area contributed by atoms with Crippen molar-refractivity contribution in [1.82, 2.24) is 4.90 Å². The van der Waals surface area contributed by atoms with Gasteiger partial charge in [0, 0.05) is 25.2 Å². The Morgan fingerprint density at radius 1 is 1.14 bits per heavy atom. The fourth-order valence-electron chi connectivity index (χ4n) is 2.01. The quantitative estimate of drug-likeness (QED) is 0.543. The van der Waals surface area contributed by atoms with Crippen LogP contribution in [-0.2, 0) is 23.9 Å². The number of carbonyl (C=O) groups is 3. The average Bonchev–Trinajstić information content (AvgIpc) is 2.53. The number of ether oxygens (including phenoxy) is 2. The van der Waals surface area contributed by atoms with Crippen LogP contribution in [0.1, 0.15) is 19.3 Å². The SMILES string of the molecule is COC(=O)/C=C/C(=O)OCC(CO)C(=O)N1CCCCC1. The molecule has 0 aromatic heterocycles. The van der Waals surface area contributed by atoms with E-state index in [4.69, 9.17) is 4.74 Å². The zero-order valence-electron chi connectivity index (χ0n) is 12.1. The molecular formula is C14H21NO6. The van der Waals surface area contributed by atoms with E-state index in [1.54, 1.807) is 4.90 Å². The Balaban J connectivity index is 2.42. The Hall–Kier alpha value is -1.89. The van der Waals surface area contributed by atoms with Crippen LogP contribution in [-0.4, -0.2) is 61.3 Å². The summed E-state index contributed by atoms with van der Waals surface area (Å²) >= 11 is 0. The predicted molar refractivity (Wildman–Crippen MR) is 73.1 cm³/mol. The number of amides is 1. The normalized spacial score (nSPS) is 16.6. The lowest BCUT2D eigenvalue weighted by atomic mass is 10.1. The van der Waals surface area contributed by atoms with E-state index in [0.717, 1.165) is 31.4 Å².